The average Bonchev–Trinajstić information content (AvgIpc) is 2.54. The van der Waals surface area contributed by atoms with Crippen LogP contribution in [-0.4, -0.2) is 55.5 Å². The lowest BCUT2D eigenvalue weighted by molar-refractivity contribution is -0.384. The lowest BCUT2D eigenvalue weighted by Crippen LogP contribution is -2.49. The first kappa shape index (κ1) is 15.7. The Kier molecular flexibility index (Phi) is 4.91. The van der Waals surface area contributed by atoms with Crippen LogP contribution in [-0.2, 0) is 4.79 Å². The Morgan fingerprint density at radius 2 is 2.18 bits per heavy atom. The SMILES string of the molecule is CN(CC(=O)N1CCNCC1)c1ccc(C#N)cc1[N+](=O)[O-]. The first-order chi connectivity index (χ1) is 10.5. The smallest absolute Gasteiger partial charge is 0.293 e. The van der Waals surface area contributed by atoms with Gasteiger partial charge in [0, 0.05) is 39.3 Å². The van der Waals surface area contributed by atoms with Crippen molar-refractivity contribution in [2.75, 3.05) is 44.7 Å². The fraction of sp³-hybridized carbons (Fsp3) is 0.429. The molecule has 1 aliphatic heterocycles. The summed E-state index contributed by atoms with van der Waals surface area (Å²) >= 11 is 0. The second-order valence-electron chi connectivity index (χ2n) is 5.06. The van der Waals surface area contributed by atoms with Gasteiger partial charge in [-0.25, -0.2) is 0 Å². The summed E-state index contributed by atoms with van der Waals surface area (Å²) in [6.07, 6.45) is 0. The van der Waals surface area contributed by atoms with Crippen molar-refractivity contribution in [2.45, 2.75) is 0 Å². The minimum absolute atomic E-state index is 0.0622. The molecule has 0 aliphatic carbocycles. The first-order valence-corrected chi connectivity index (χ1v) is 6.91. The summed E-state index contributed by atoms with van der Waals surface area (Å²) in [5.41, 5.74) is 0.374. The second kappa shape index (κ2) is 6.87. The second-order valence-corrected chi connectivity index (χ2v) is 5.06. The van der Waals surface area contributed by atoms with E-state index in [2.05, 4.69) is 5.32 Å². The normalized spacial score (nSPS) is 14.3. The maximum atomic E-state index is 12.2. The van der Waals surface area contributed by atoms with E-state index in [1.54, 1.807) is 16.8 Å². The molecule has 0 saturated carbocycles. The highest BCUT2D eigenvalue weighted by Gasteiger charge is 2.22. The van der Waals surface area contributed by atoms with Crippen molar-refractivity contribution in [3.05, 3.63) is 33.9 Å². The van der Waals surface area contributed by atoms with E-state index < -0.39 is 4.92 Å². The number of hydrogen-bond donors (Lipinski definition) is 1. The molecule has 116 valence electrons. The van der Waals surface area contributed by atoms with Crippen molar-refractivity contribution in [3.63, 3.8) is 0 Å². The molecule has 1 aromatic carbocycles. The minimum Gasteiger partial charge on any atom is -0.360 e. The molecule has 1 fully saturated rings. The molecule has 1 amide bonds. The number of nitrogens with zero attached hydrogens (tertiary/aromatic N) is 4. The molecule has 0 bridgehead atoms. The van der Waals surface area contributed by atoms with E-state index in [1.165, 1.54) is 18.2 Å². The number of piperazine rings is 1. The van der Waals surface area contributed by atoms with E-state index in [1.807, 2.05) is 6.07 Å². The van der Waals surface area contributed by atoms with Crippen LogP contribution in [0.3, 0.4) is 0 Å². The highest BCUT2D eigenvalue weighted by molar-refractivity contribution is 5.82. The number of amides is 1. The number of likely N-dealkylation sites (N-methyl/N-ethyl adjacent to an activating group) is 1. The molecular weight excluding hydrogens is 286 g/mol. The molecule has 1 N–H and O–H groups in total. The van der Waals surface area contributed by atoms with Gasteiger partial charge in [-0.15, -0.1) is 0 Å². The number of nitriles is 1. The maximum Gasteiger partial charge on any atom is 0.293 e. The van der Waals surface area contributed by atoms with Crippen molar-refractivity contribution >= 4 is 17.3 Å². The number of carbonyl (C=O) groups is 1. The number of carbonyl (C=O) groups excluding carboxylic acids is 1. The molecule has 2 rings (SSSR count). The quantitative estimate of drug-likeness (QED) is 0.635. The summed E-state index contributed by atoms with van der Waals surface area (Å²) in [7, 11) is 1.63. The molecule has 1 aliphatic rings. The third-order valence-electron chi connectivity index (χ3n) is 3.55. The Balaban J connectivity index is 2.15. The number of anilines is 1. The average molecular weight is 303 g/mol. The molecule has 0 atom stereocenters. The maximum absolute atomic E-state index is 12.2. The standard InChI is InChI=1S/C14H17N5O3/c1-17(10-14(20)18-6-4-16-5-7-18)12-3-2-11(9-15)8-13(12)19(21)22/h2-3,8,16H,4-7,10H2,1H3. The van der Waals surface area contributed by atoms with Crippen molar-refractivity contribution in [1.82, 2.24) is 10.2 Å². The molecule has 1 aromatic rings. The number of hydrogen-bond acceptors (Lipinski definition) is 6. The number of nitro groups is 1. The first-order valence-electron chi connectivity index (χ1n) is 6.91. The van der Waals surface area contributed by atoms with Gasteiger partial charge in [-0.3, -0.25) is 14.9 Å². The molecule has 1 saturated heterocycles. The van der Waals surface area contributed by atoms with Crippen LogP contribution in [0.25, 0.3) is 0 Å². The van der Waals surface area contributed by atoms with Crippen molar-refractivity contribution in [3.8, 4) is 6.07 Å². The van der Waals surface area contributed by atoms with E-state index in [4.69, 9.17) is 5.26 Å². The zero-order valence-electron chi connectivity index (χ0n) is 12.3. The molecule has 0 aromatic heterocycles. The van der Waals surface area contributed by atoms with E-state index >= 15 is 0 Å². The van der Waals surface area contributed by atoms with Crippen molar-refractivity contribution in [2.24, 2.45) is 0 Å². The molecule has 0 radical (unpaired) electrons. The van der Waals surface area contributed by atoms with E-state index in [0.717, 1.165) is 13.1 Å². The number of nitro benzene ring substituents is 1. The molecule has 0 unspecified atom stereocenters. The van der Waals surface area contributed by atoms with E-state index in [0.29, 0.717) is 18.8 Å². The van der Waals surface area contributed by atoms with Gasteiger partial charge in [-0.05, 0) is 12.1 Å². The highest BCUT2D eigenvalue weighted by Crippen LogP contribution is 2.28. The Hall–Kier alpha value is -2.66. The molecular formula is C14H17N5O3. The number of rotatable bonds is 4. The summed E-state index contributed by atoms with van der Waals surface area (Å²) in [5.74, 6) is -0.0670. The van der Waals surface area contributed by atoms with Crippen LogP contribution in [0.1, 0.15) is 5.56 Å². The van der Waals surface area contributed by atoms with Gasteiger partial charge in [0.05, 0.1) is 23.1 Å². The van der Waals surface area contributed by atoms with E-state index in [-0.39, 0.29) is 23.7 Å². The third-order valence-corrected chi connectivity index (χ3v) is 3.55. The van der Waals surface area contributed by atoms with Gasteiger partial charge in [0.15, 0.2) is 0 Å². The van der Waals surface area contributed by atoms with Crippen molar-refractivity contribution in [1.29, 1.82) is 5.26 Å². The van der Waals surface area contributed by atoms with Gasteiger partial charge >= 0.3 is 0 Å². The fourth-order valence-electron chi connectivity index (χ4n) is 2.36. The minimum atomic E-state index is -0.540. The van der Waals surface area contributed by atoms with Crippen LogP contribution in [0.5, 0.6) is 0 Å². The third kappa shape index (κ3) is 3.51. The van der Waals surface area contributed by atoms with Crippen LogP contribution < -0.4 is 10.2 Å². The van der Waals surface area contributed by atoms with Gasteiger partial charge in [-0.1, -0.05) is 0 Å². The molecule has 1 heterocycles. The van der Waals surface area contributed by atoms with E-state index in [9.17, 15) is 14.9 Å². The summed E-state index contributed by atoms with van der Waals surface area (Å²) in [6.45, 7) is 2.86. The Labute approximate surface area is 128 Å². The topological polar surface area (TPSA) is 103 Å². The van der Waals surface area contributed by atoms with Crippen LogP contribution in [0, 0.1) is 21.4 Å². The number of benzene rings is 1. The zero-order valence-corrected chi connectivity index (χ0v) is 12.3. The van der Waals surface area contributed by atoms with Crippen LogP contribution in [0.4, 0.5) is 11.4 Å². The summed E-state index contributed by atoms with van der Waals surface area (Å²) in [4.78, 5) is 26.1. The predicted octanol–water partition coefficient (Wildman–Crippen LogP) is 0.334. The lowest BCUT2D eigenvalue weighted by Gasteiger charge is -2.29. The molecule has 22 heavy (non-hydrogen) atoms. The number of nitrogens with one attached hydrogen (secondary N) is 1. The Bertz CT molecular complexity index is 619. The molecule has 8 heteroatoms. The Morgan fingerprint density at radius 3 is 2.77 bits per heavy atom. The molecule has 0 spiro atoms. The van der Waals surface area contributed by atoms with Crippen LogP contribution in [0.2, 0.25) is 0 Å². The van der Waals surface area contributed by atoms with Gasteiger partial charge in [0.25, 0.3) is 5.69 Å². The zero-order chi connectivity index (χ0) is 16.1. The van der Waals surface area contributed by atoms with Crippen LogP contribution >= 0.6 is 0 Å². The monoisotopic (exact) mass is 303 g/mol. The summed E-state index contributed by atoms with van der Waals surface area (Å²) < 4.78 is 0. The predicted molar refractivity (Wildman–Crippen MR) is 80.5 cm³/mol. The highest BCUT2D eigenvalue weighted by atomic mass is 16.6. The van der Waals surface area contributed by atoms with Gasteiger partial charge in [-0.2, -0.15) is 5.26 Å². The van der Waals surface area contributed by atoms with Crippen LogP contribution in [0.15, 0.2) is 18.2 Å². The van der Waals surface area contributed by atoms with Gasteiger partial charge < -0.3 is 15.1 Å². The lowest BCUT2D eigenvalue weighted by atomic mass is 10.1. The van der Waals surface area contributed by atoms with Gasteiger partial charge in [0.2, 0.25) is 5.91 Å². The summed E-state index contributed by atoms with van der Waals surface area (Å²) in [6, 6.07) is 6.11. The molecule has 8 nitrogen and oxygen atoms in total. The fourth-order valence-corrected chi connectivity index (χ4v) is 2.36. The largest absolute Gasteiger partial charge is 0.360 e. The Morgan fingerprint density at radius 1 is 1.50 bits per heavy atom. The van der Waals surface area contributed by atoms with Crippen molar-refractivity contribution < 1.29 is 9.72 Å². The van der Waals surface area contributed by atoms with Gasteiger partial charge in [0.1, 0.15) is 5.69 Å². The summed E-state index contributed by atoms with van der Waals surface area (Å²) in [5, 5.41) is 23.1.